The number of nitrogens with zero attached hydrogens (tertiary/aromatic N) is 2. The number of alkyl halides is 3. The molecule has 0 saturated carbocycles. The summed E-state index contributed by atoms with van der Waals surface area (Å²) in [7, 11) is 0. The maximum Gasteiger partial charge on any atom is 0.416 e. The SMILES string of the molecule is Cc1nc(N2CCOCC2)sc1C(=O)NNC(=O)c1cccc(C(F)(F)F)c1. The molecular weight excluding hydrogens is 397 g/mol. The van der Waals surface area contributed by atoms with Crippen LogP contribution in [0, 0.1) is 6.92 Å². The summed E-state index contributed by atoms with van der Waals surface area (Å²) in [6, 6.07) is 3.94. The van der Waals surface area contributed by atoms with Crippen molar-refractivity contribution in [3.05, 3.63) is 46.0 Å². The van der Waals surface area contributed by atoms with Gasteiger partial charge in [-0.25, -0.2) is 4.98 Å². The highest BCUT2D eigenvalue weighted by Crippen LogP contribution is 2.29. The zero-order valence-electron chi connectivity index (χ0n) is 14.8. The standard InChI is InChI=1S/C17H17F3N4O3S/c1-10-13(28-16(21-10)24-5-7-27-8-6-24)15(26)23-22-14(25)11-3-2-4-12(9-11)17(18,19)20/h2-4,9H,5-8H2,1H3,(H,22,25)(H,23,26). The van der Waals surface area contributed by atoms with Crippen molar-refractivity contribution in [2.75, 3.05) is 31.2 Å². The third kappa shape index (κ3) is 4.60. The number of nitrogens with one attached hydrogen (secondary N) is 2. The number of aryl methyl sites for hydroxylation is 1. The quantitative estimate of drug-likeness (QED) is 0.754. The number of hydrogen-bond acceptors (Lipinski definition) is 6. The van der Waals surface area contributed by atoms with Crippen molar-refractivity contribution in [2.24, 2.45) is 0 Å². The summed E-state index contributed by atoms with van der Waals surface area (Å²) in [5.41, 5.74) is 3.69. The smallest absolute Gasteiger partial charge is 0.378 e. The summed E-state index contributed by atoms with van der Waals surface area (Å²) < 4.78 is 43.5. The highest BCUT2D eigenvalue weighted by Gasteiger charge is 2.31. The summed E-state index contributed by atoms with van der Waals surface area (Å²) in [6.07, 6.45) is -4.56. The first-order valence-electron chi connectivity index (χ1n) is 8.34. The average Bonchev–Trinajstić information content (AvgIpc) is 3.08. The van der Waals surface area contributed by atoms with Gasteiger partial charge in [0.2, 0.25) is 0 Å². The van der Waals surface area contributed by atoms with E-state index in [0.717, 1.165) is 18.2 Å². The first-order valence-corrected chi connectivity index (χ1v) is 9.15. The molecule has 0 radical (unpaired) electrons. The molecule has 1 saturated heterocycles. The minimum absolute atomic E-state index is 0.217. The van der Waals surface area contributed by atoms with E-state index in [1.165, 1.54) is 17.4 Å². The number of morpholine rings is 1. The summed E-state index contributed by atoms with van der Waals surface area (Å²) in [6.45, 7) is 4.16. The predicted molar refractivity (Wildman–Crippen MR) is 96.3 cm³/mol. The lowest BCUT2D eigenvalue weighted by Gasteiger charge is -2.25. The molecule has 2 heterocycles. The maximum atomic E-state index is 12.7. The molecule has 11 heteroatoms. The first-order chi connectivity index (χ1) is 13.3. The van der Waals surface area contributed by atoms with Gasteiger partial charge in [0.05, 0.1) is 24.5 Å². The highest BCUT2D eigenvalue weighted by atomic mass is 32.1. The van der Waals surface area contributed by atoms with Crippen molar-refractivity contribution in [1.82, 2.24) is 15.8 Å². The Morgan fingerprint density at radius 1 is 1.18 bits per heavy atom. The number of carbonyl (C=O) groups excluding carboxylic acids is 2. The van der Waals surface area contributed by atoms with Crippen LogP contribution in [0.5, 0.6) is 0 Å². The Balaban J connectivity index is 1.64. The fourth-order valence-corrected chi connectivity index (χ4v) is 3.58. The third-order valence-electron chi connectivity index (χ3n) is 4.01. The van der Waals surface area contributed by atoms with E-state index in [2.05, 4.69) is 15.8 Å². The fourth-order valence-electron chi connectivity index (χ4n) is 2.56. The van der Waals surface area contributed by atoms with E-state index in [4.69, 9.17) is 4.74 Å². The van der Waals surface area contributed by atoms with Gasteiger partial charge in [-0.1, -0.05) is 17.4 Å². The minimum atomic E-state index is -4.56. The van der Waals surface area contributed by atoms with Crippen molar-refractivity contribution in [3.63, 3.8) is 0 Å². The molecule has 0 bridgehead atoms. The second-order valence-corrected chi connectivity index (χ2v) is 6.97. The van der Waals surface area contributed by atoms with Gasteiger partial charge in [-0.05, 0) is 25.1 Å². The molecular formula is C17H17F3N4O3S. The van der Waals surface area contributed by atoms with Crippen LogP contribution in [0.3, 0.4) is 0 Å². The number of rotatable bonds is 3. The van der Waals surface area contributed by atoms with Crippen LogP contribution >= 0.6 is 11.3 Å². The second-order valence-electron chi connectivity index (χ2n) is 6.00. The number of ether oxygens (including phenoxy) is 1. The summed E-state index contributed by atoms with van der Waals surface area (Å²) in [4.78, 5) is 31.1. The summed E-state index contributed by atoms with van der Waals surface area (Å²) in [5.74, 6) is -1.44. The predicted octanol–water partition coefficient (Wildman–Crippen LogP) is 2.38. The molecule has 2 amide bonds. The Labute approximate surface area is 162 Å². The van der Waals surface area contributed by atoms with E-state index in [0.29, 0.717) is 42.0 Å². The molecule has 1 aliphatic heterocycles. The maximum absolute atomic E-state index is 12.7. The number of carbonyl (C=O) groups is 2. The number of hydrogen-bond donors (Lipinski definition) is 2. The molecule has 150 valence electrons. The van der Waals surface area contributed by atoms with Crippen molar-refractivity contribution < 1.29 is 27.5 Å². The monoisotopic (exact) mass is 414 g/mol. The third-order valence-corrected chi connectivity index (χ3v) is 5.23. The molecule has 7 nitrogen and oxygen atoms in total. The first kappa shape index (κ1) is 20.1. The molecule has 2 N–H and O–H groups in total. The van der Waals surface area contributed by atoms with Gasteiger partial charge in [0.1, 0.15) is 4.88 Å². The molecule has 0 unspecified atom stereocenters. The highest BCUT2D eigenvalue weighted by molar-refractivity contribution is 7.17. The Kier molecular flexibility index (Phi) is 5.84. The van der Waals surface area contributed by atoms with Gasteiger partial charge in [-0.2, -0.15) is 13.2 Å². The topological polar surface area (TPSA) is 83.6 Å². The number of anilines is 1. The zero-order valence-corrected chi connectivity index (χ0v) is 15.6. The molecule has 0 spiro atoms. The van der Waals surface area contributed by atoms with Gasteiger partial charge < -0.3 is 9.64 Å². The van der Waals surface area contributed by atoms with Gasteiger partial charge in [0, 0.05) is 18.7 Å². The van der Waals surface area contributed by atoms with Crippen molar-refractivity contribution in [2.45, 2.75) is 13.1 Å². The van der Waals surface area contributed by atoms with Crippen molar-refractivity contribution in [3.8, 4) is 0 Å². The molecule has 1 aliphatic rings. The average molecular weight is 414 g/mol. The molecule has 1 aromatic heterocycles. The summed E-state index contributed by atoms with van der Waals surface area (Å²) >= 11 is 1.17. The van der Waals surface area contributed by atoms with Crippen LogP contribution in [-0.4, -0.2) is 43.1 Å². The number of thiazole rings is 1. The summed E-state index contributed by atoms with van der Waals surface area (Å²) in [5, 5.41) is 0.676. The molecule has 2 aromatic rings. The van der Waals surface area contributed by atoms with Crippen LogP contribution < -0.4 is 15.8 Å². The Morgan fingerprint density at radius 2 is 1.86 bits per heavy atom. The van der Waals surface area contributed by atoms with Crippen LogP contribution in [0.25, 0.3) is 0 Å². The minimum Gasteiger partial charge on any atom is -0.378 e. The molecule has 1 aromatic carbocycles. The Bertz CT molecular complexity index is 879. The number of amides is 2. The van der Waals surface area contributed by atoms with Crippen LogP contribution in [0.4, 0.5) is 18.3 Å². The van der Waals surface area contributed by atoms with Gasteiger partial charge in [-0.15, -0.1) is 0 Å². The van der Waals surface area contributed by atoms with Gasteiger partial charge in [-0.3, -0.25) is 20.4 Å². The van der Waals surface area contributed by atoms with Gasteiger partial charge in [0.15, 0.2) is 5.13 Å². The van der Waals surface area contributed by atoms with E-state index in [-0.39, 0.29) is 5.56 Å². The Hall–Kier alpha value is -2.66. The van der Waals surface area contributed by atoms with Gasteiger partial charge in [0.25, 0.3) is 11.8 Å². The molecule has 0 atom stereocenters. The van der Waals surface area contributed by atoms with Crippen LogP contribution in [0.15, 0.2) is 24.3 Å². The molecule has 1 fully saturated rings. The molecule has 0 aliphatic carbocycles. The second kappa shape index (κ2) is 8.15. The van der Waals surface area contributed by atoms with Gasteiger partial charge >= 0.3 is 6.18 Å². The van der Waals surface area contributed by atoms with Crippen LogP contribution in [-0.2, 0) is 10.9 Å². The normalized spacial score (nSPS) is 14.6. The number of benzene rings is 1. The lowest BCUT2D eigenvalue weighted by Crippen LogP contribution is -2.41. The molecule has 3 rings (SSSR count). The largest absolute Gasteiger partial charge is 0.416 e. The fraction of sp³-hybridized carbons (Fsp3) is 0.353. The lowest BCUT2D eigenvalue weighted by molar-refractivity contribution is -0.137. The number of aromatic nitrogens is 1. The van der Waals surface area contributed by atoms with Crippen molar-refractivity contribution >= 4 is 28.3 Å². The van der Waals surface area contributed by atoms with Crippen molar-refractivity contribution in [1.29, 1.82) is 0 Å². The Morgan fingerprint density at radius 3 is 2.54 bits per heavy atom. The number of halogens is 3. The lowest BCUT2D eigenvalue weighted by atomic mass is 10.1. The van der Waals surface area contributed by atoms with E-state index >= 15 is 0 Å². The zero-order chi connectivity index (χ0) is 20.3. The van der Waals surface area contributed by atoms with Crippen LogP contribution in [0.1, 0.15) is 31.3 Å². The molecule has 28 heavy (non-hydrogen) atoms. The number of hydrazine groups is 1. The van der Waals surface area contributed by atoms with E-state index in [1.807, 2.05) is 4.90 Å². The van der Waals surface area contributed by atoms with Crippen LogP contribution in [0.2, 0.25) is 0 Å². The van der Waals surface area contributed by atoms with E-state index in [1.54, 1.807) is 6.92 Å². The van der Waals surface area contributed by atoms with E-state index < -0.39 is 23.6 Å². The van der Waals surface area contributed by atoms with E-state index in [9.17, 15) is 22.8 Å².